The van der Waals surface area contributed by atoms with E-state index in [-0.39, 0.29) is 0 Å². The van der Waals surface area contributed by atoms with Crippen molar-refractivity contribution in [2.24, 2.45) is 12.0 Å². The molecule has 0 unspecified atom stereocenters. The summed E-state index contributed by atoms with van der Waals surface area (Å²) in [5.74, 6) is 2.42. The number of aryl methyl sites for hydroxylation is 1. The highest BCUT2D eigenvalue weighted by atomic mass is 35.5. The second kappa shape index (κ2) is 10.0. The van der Waals surface area contributed by atoms with Crippen LogP contribution < -0.4 is 10.6 Å². The zero-order valence-corrected chi connectivity index (χ0v) is 15.7. The van der Waals surface area contributed by atoms with E-state index in [0.717, 1.165) is 35.6 Å². The molecule has 0 saturated heterocycles. The minimum Gasteiger partial charge on any atom is -0.383 e. The third-order valence-electron chi connectivity index (χ3n) is 3.78. The molecule has 0 aliphatic carbocycles. The van der Waals surface area contributed by atoms with E-state index >= 15 is 0 Å². The molecule has 1 heterocycles. The molecule has 0 saturated carbocycles. The van der Waals surface area contributed by atoms with Crippen molar-refractivity contribution in [3.05, 3.63) is 46.5 Å². The number of halogens is 1. The molecule has 8 heteroatoms. The van der Waals surface area contributed by atoms with Crippen molar-refractivity contribution in [3.8, 4) is 0 Å². The van der Waals surface area contributed by atoms with Crippen LogP contribution in [0.2, 0.25) is 5.02 Å². The van der Waals surface area contributed by atoms with Gasteiger partial charge in [-0.3, -0.25) is 0 Å². The zero-order valence-electron chi connectivity index (χ0n) is 14.9. The van der Waals surface area contributed by atoms with Gasteiger partial charge in [0.1, 0.15) is 12.4 Å². The van der Waals surface area contributed by atoms with Gasteiger partial charge in [-0.05, 0) is 31.0 Å². The molecule has 0 fully saturated rings. The second-order valence-electron chi connectivity index (χ2n) is 5.61. The van der Waals surface area contributed by atoms with Crippen LogP contribution >= 0.6 is 11.6 Å². The summed E-state index contributed by atoms with van der Waals surface area (Å²) in [4.78, 5) is 4.58. The number of nitrogens with zero attached hydrogens (tertiary/aromatic N) is 4. The number of hydrogen-bond donors (Lipinski definition) is 2. The fraction of sp³-hybridized carbons (Fsp3) is 0.471. The molecular weight excluding hydrogens is 340 g/mol. The van der Waals surface area contributed by atoms with Crippen LogP contribution in [0, 0.1) is 6.92 Å². The minimum atomic E-state index is 0.459. The first-order chi connectivity index (χ1) is 12.1. The van der Waals surface area contributed by atoms with Crippen molar-refractivity contribution < 1.29 is 4.74 Å². The molecule has 0 amide bonds. The summed E-state index contributed by atoms with van der Waals surface area (Å²) in [6.07, 6.45) is 0.880. The van der Waals surface area contributed by atoms with Crippen molar-refractivity contribution in [2.75, 3.05) is 26.8 Å². The maximum Gasteiger partial charge on any atom is 0.191 e. The maximum absolute atomic E-state index is 5.91. The molecule has 7 nitrogen and oxygen atoms in total. The van der Waals surface area contributed by atoms with Crippen LogP contribution in [0.3, 0.4) is 0 Å². The van der Waals surface area contributed by atoms with E-state index < -0.39 is 0 Å². The molecular formula is C17H25ClN6O. The molecule has 25 heavy (non-hydrogen) atoms. The lowest BCUT2D eigenvalue weighted by atomic mass is 10.1. The summed E-state index contributed by atoms with van der Waals surface area (Å²) >= 11 is 5.91. The van der Waals surface area contributed by atoms with Gasteiger partial charge < -0.3 is 19.9 Å². The molecule has 0 aliphatic heterocycles. The Hall–Kier alpha value is -2.12. The largest absolute Gasteiger partial charge is 0.383 e. The normalized spacial score (nSPS) is 11.6. The predicted molar refractivity (Wildman–Crippen MR) is 99.9 cm³/mol. The Labute approximate surface area is 153 Å². The number of methoxy groups -OCH3 is 1. The van der Waals surface area contributed by atoms with Gasteiger partial charge in [-0.2, -0.15) is 0 Å². The second-order valence-corrected chi connectivity index (χ2v) is 6.05. The van der Waals surface area contributed by atoms with Crippen LogP contribution in [-0.4, -0.2) is 47.5 Å². The van der Waals surface area contributed by atoms with Crippen molar-refractivity contribution >= 4 is 17.6 Å². The van der Waals surface area contributed by atoms with Gasteiger partial charge in [0.15, 0.2) is 11.8 Å². The molecule has 2 aromatic rings. The summed E-state index contributed by atoms with van der Waals surface area (Å²) in [7, 11) is 3.61. The number of hydrogen-bond acceptors (Lipinski definition) is 4. The van der Waals surface area contributed by atoms with E-state index in [9.17, 15) is 0 Å². The zero-order chi connectivity index (χ0) is 18.1. The first-order valence-corrected chi connectivity index (χ1v) is 8.58. The first-order valence-electron chi connectivity index (χ1n) is 8.20. The van der Waals surface area contributed by atoms with Gasteiger partial charge in [-0.25, -0.2) is 4.99 Å². The fourth-order valence-corrected chi connectivity index (χ4v) is 2.29. The number of aliphatic imine (C=N–C) groups is 1. The van der Waals surface area contributed by atoms with Crippen LogP contribution in [0.25, 0.3) is 0 Å². The van der Waals surface area contributed by atoms with Crippen molar-refractivity contribution in [2.45, 2.75) is 19.9 Å². The number of nitrogens with one attached hydrogen (secondary N) is 2. The van der Waals surface area contributed by atoms with E-state index in [4.69, 9.17) is 16.3 Å². The molecule has 0 spiro atoms. The summed E-state index contributed by atoms with van der Waals surface area (Å²) in [5, 5.41) is 15.5. The highest BCUT2D eigenvalue weighted by Gasteiger charge is 2.05. The van der Waals surface area contributed by atoms with Gasteiger partial charge in [-0.1, -0.05) is 23.7 Å². The Morgan fingerprint density at radius 3 is 2.56 bits per heavy atom. The van der Waals surface area contributed by atoms with Gasteiger partial charge in [0, 0.05) is 32.3 Å². The lowest BCUT2D eigenvalue weighted by molar-refractivity contribution is 0.203. The van der Waals surface area contributed by atoms with Gasteiger partial charge >= 0.3 is 0 Å². The summed E-state index contributed by atoms with van der Waals surface area (Å²) in [6, 6.07) is 7.86. The van der Waals surface area contributed by atoms with Crippen LogP contribution in [0.4, 0.5) is 0 Å². The lowest BCUT2D eigenvalue weighted by Gasteiger charge is -2.12. The van der Waals surface area contributed by atoms with Crippen LogP contribution in [0.1, 0.15) is 17.2 Å². The topological polar surface area (TPSA) is 76.4 Å². The van der Waals surface area contributed by atoms with Crippen LogP contribution in [0.15, 0.2) is 29.3 Å². The molecule has 0 aliphatic rings. The number of ether oxygens (including phenoxy) is 1. The summed E-state index contributed by atoms with van der Waals surface area (Å²) in [5.41, 5.74) is 1.22. The molecule has 0 bridgehead atoms. The molecule has 2 N–H and O–H groups in total. The average Bonchev–Trinajstić information content (AvgIpc) is 2.93. The Bertz CT molecular complexity index is 683. The van der Waals surface area contributed by atoms with E-state index in [1.165, 1.54) is 5.56 Å². The first kappa shape index (κ1) is 19.2. The molecule has 1 aromatic carbocycles. The quantitative estimate of drug-likeness (QED) is 0.423. The standard InChI is InChI=1S/C17H25ClN6O/c1-13-22-23-16(24(13)2)12-21-17(20-10-11-25-3)19-9-8-14-4-6-15(18)7-5-14/h4-7H,8-12H2,1-3H3,(H2,19,20,21). The molecule has 136 valence electrons. The third-order valence-corrected chi connectivity index (χ3v) is 4.03. The molecule has 0 radical (unpaired) electrons. The van der Waals surface area contributed by atoms with Gasteiger partial charge in [0.25, 0.3) is 0 Å². The average molecular weight is 365 g/mol. The summed E-state index contributed by atoms with van der Waals surface area (Å²) < 4.78 is 7.01. The Kier molecular flexibility index (Phi) is 7.69. The fourth-order valence-electron chi connectivity index (χ4n) is 2.16. The van der Waals surface area contributed by atoms with Crippen molar-refractivity contribution in [3.63, 3.8) is 0 Å². The Balaban J connectivity index is 1.90. The molecule has 2 rings (SSSR count). The van der Waals surface area contributed by atoms with E-state index in [1.807, 2.05) is 42.8 Å². The smallest absolute Gasteiger partial charge is 0.191 e. The Morgan fingerprint density at radius 2 is 1.92 bits per heavy atom. The highest BCUT2D eigenvalue weighted by Crippen LogP contribution is 2.09. The number of benzene rings is 1. The molecule has 1 aromatic heterocycles. The number of rotatable bonds is 8. The Morgan fingerprint density at radius 1 is 1.20 bits per heavy atom. The summed E-state index contributed by atoms with van der Waals surface area (Å²) in [6.45, 7) is 4.43. The lowest BCUT2D eigenvalue weighted by Crippen LogP contribution is -2.40. The highest BCUT2D eigenvalue weighted by molar-refractivity contribution is 6.30. The van der Waals surface area contributed by atoms with Crippen LogP contribution in [0.5, 0.6) is 0 Å². The van der Waals surface area contributed by atoms with Crippen molar-refractivity contribution in [1.82, 2.24) is 25.4 Å². The van der Waals surface area contributed by atoms with E-state index in [1.54, 1.807) is 7.11 Å². The van der Waals surface area contributed by atoms with E-state index in [0.29, 0.717) is 19.7 Å². The monoisotopic (exact) mass is 364 g/mol. The number of aromatic nitrogens is 3. The van der Waals surface area contributed by atoms with Gasteiger partial charge in [0.2, 0.25) is 0 Å². The SMILES string of the molecule is COCCNC(=NCc1nnc(C)n1C)NCCc1ccc(Cl)cc1. The van der Waals surface area contributed by atoms with E-state index in [2.05, 4.69) is 25.8 Å². The minimum absolute atomic E-state index is 0.459. The maximum atomic E-state index is 5.91. The molecule has 0 atom stereocenters. The van der Waals surface area contributed by atoms with Crippen LogP contribution in [-0.2, 0) is 24.8 Å². The van der Waals surface area contributed by atoms with Gasteiger partial charge in [-0.15, -0.1) is 10.2 Å². The van der Waals surface area contributed by atoms with Crippen molar-refractivity contribution in [1.29, 1.82) is 0 Å². The predicted octanol–water partition coefficient (Wildman–Crippen LogP) is 1.70. The third kappa shape index (κ3) is 6.36. The number of guanidine groups is 1. The van der Waals surface area contributed by atoms with Gasteiger partial charge in [0.05, 0.1) is 6.61 Å².